The number of carbonyl (C=O) groups is 1. The summed E-state index contributed by atoms with van der Waals surface area (Å²) in [5.74, 6) is 0.942. The molecule has 0 aromatic carbocycles. The molecule has 7 nitrogen and oxygen atoms in total. The van der Waals surface area contributed by atoms with Crippen LogP contribution in [0.4, 0.5) is 0 Å². The zero-order chi connectivity index (χ0) is 17.6. The molecule has 1 aromatic rings. The molecule has 2 saturated heterocycles. The van der Waals surface area contributed by atoms with Crippen LogP contribution in [0.2, 0.25) is 0 Å². The maximum Gasteiger partial charge on any atom is 0.227 e. The molecule has 1 amide bonds. The molecule has 25 heavy (non-hydrogen) atoms. The Morgan fingerprint density at radius 3 is 2.40 bits per heavy atom. The average molecular weight is 350 g/mol. The molecule has 7 heteroatoms. The summed E-state index contributed by atoms with van der Waals surface area (Å²) in [5, 5.41) is 3.95. The minimum absolute atomic E-state index is 0.185. The molecule has 2 aliphatic rings. The Morgan fingerprint density at radius 1 is 1.00 bits per heavy atom. The van der Waals surface area contributed by atoms with Gasteiger partial charge < -0.3 is 19.1 Å². The van der Waals surface area contributed by atoms with Gasteiger partial charge in [0.25, 0.3) is 0 Å². The molecule has 0 N–H and O–H groups in total. The molecule has 0 atom stereocenters. The summed E-state index contributed by atoms with van der Waals surface area (Å²) < 4.78 is 10.6. The van der Waals surface area contributed by atoms with Gasteiger partial charge in [0.2, 0.25) is 5.91 Å². The fourth-order valence-corrected chi connectivity index (χ4v) is 3.57. The predicted octanol–water partition coefficient (Wildman–Crippen LogP) is 0.700. The van der Waals surface area contributed by atoms with Gasteiger partial charge in [0.15, 0.2) is 0 Å². The van der Waals surface area contributed by atoms with Gasteiger partial charge in [-0.3, -0.25) is 9.69 Å². The summed E-state index contributed by atoms with van der Waals surface area (Å²) >= 11 is 0. The van der Waals surface area contributed by atoms with E-state index in [0.29, 0.717) is 6.42 Å². The van der Waals surface area contributed by atoms with E-state index in [9.17, 15) is 4.79 Å². The van der Waals surface area contributed by atoms with Crippen LogP contribution in [0.15, 0.2) is 4.52 Å². The van der Waals surface area contributed by atoms with E-state index in [-0.39, 0.29) is 5.91 Å². The topological polar surface area (TPSA) is 62.1 Å². The zero-order valence-corrected chi connectivity index (χ0v) is 15.5. The van der Waals surface area contributed by atoms with Crippen LogP contribution >= 0.6 is 0 Å². The van der Waals surface area contributed by atoms with Crippen LogP contribution in [0.25, 0.3) is 0 Å². The maximum atomic E-state index is 12.7. The SMILES string of the molecule is Cc1noc(C)c1CC(=O)N1CCCN(CCN2CCOCC2)CC1. The third kappa shape index (κ3) is 5.03. The lowest BCUT2D eigenvalue weighted by molar-refractivity contribution is -0.130. The number of hydrogen-bond donors (Lipinski definition) is 0. The van der Waals surface area contributed by atoms with E-state index >= 15 is 0 Å². The van der Waals surface area contributed by atoms with Gasteiger partial charge in [0.1, 0.15) is 5.76 Å². The summed E-state index contributed by atoms with van der Waals surface area (Å²) in [5.41, 5.74) is 1.77. The summed E-state index contributed by atoms with van der Waals surface area (Å²) in [6, 6.07) is 0. The van der Waals surface area contributed by atoms with E-state index in [4.69, 9.17) is 9.26 Å². The van der Waals surface area contributed by atoms with Crippen LogP contribution in [0.3, 0.4) is 0 Å². The smallest absolute Gasteiger partial charge is 0.227 e. The molecular formula is C18H30N4O3. The van der Waals surface area contributed by atoms with Crippen molar-refractivity contribution in [3.8, 4) is 0 Å². The average Bonchev–Trinajstić information content (AvgIpc) is 2.83. The van der Waals surface area contributed by atoms with Crippen molar-refractivity contribution in [1.82, 2.24) is 19.9 Å². The molecular weight excluding hydrogens is 320 g/mol. The molecule has 0 bridgehead atoms. The van der Waals surface area contributed by atoms with E-state index in [1.165, 1.54) is 0 Å². The van der Waals surface area contributed by atoms with Crippen molar-refractivity contribution in [2.24, 2.45) is 0 Å². The fraction of sp³-hybridized carbons (Fsp3) is 0.778. The number of amides is 1. The highest BCUT2D eigenvalue weighted by atomic mass is 16.5. The number of nitrogens with zero attached hydrogens (tertiary/aromatic N) is 4. The lowest BCUT2D eigenvalue weighted by atomic mass is 10.1. The minimum atomic E-state index is 0.185. The zero-order valence-electron chi connectivity index (χ0n) is 15.5. The summed E-state index contributed by atoms with van der Waals surface area (Å²) in [4.78, 5) is 19.6. The molecule has 140 valence electrons. The van der Waals surface area contributed by atoms with E-state index in [1.54, 1.807) is 0 Å². The molecule has 3 rings (SSSR count). The Bertz CT molecular complexity index is 549. The summed E-state index contributed by atoms with van der Waals surface area (Å²) in [6.45, 7) is 13.4. The van der Waals surface area contributed by atoms with Crippen molar-refractivity contribution in [1.29, 1.82) is 0 Å². The number of carbonyl (C=O) groups excluding carboxylic acids is 1. The third-order valence-corrected chi connectivity index (χ3v) is 5.29. The molecule has 0 radical (unpaired) electrons. The van der Waals surface area contributed by atoms with E-state index in [1.807, 2.05) is 18.7 Å². The minimum Gasteiger partial charge on any atom is -0.379 e. The molecule has 0 unspecified atom stereocenters. The lowest BCUT2D eigenvalue weighted by Crippen LogP contribution is -2.42. The van der Waals surface area contributed by atoms with Crippen molar-refractivity contribution in [3.05, 3.63) is 17.0 Å². The first-order valence-electron chi connectivity index (χ1n) is 9.35. The number of hydrogen-bond acceptors (Lipinski definition) is 6. The molecule has 2 aliphatic heterocycles. The first kappa shape index (κ1) is 18.4. The first-order chi connectivity index (χ1) is 12.1. The monoisotopic (exact) mass is 350 g/mol. The molecule has 0 aliphatic carbocycles. The van der Waals surface area contributed by atoms with Crippen LogP contribution < -0.4 is 0 Å². The number of morpholine rings is 1. The Morgan fingerprint density at radius 2 is 1.72 bits per heavy atom. The highest BCUT2D eigenvalue weighted by molar-refractivity contribution is 5.79. The fourth-order valence-electron chi connectivity index (χ4n) is 3.57. The molecule has 2 fully saturated rings. The van der Waals surface area contributed by atoms with Gasteiger partial charge in [-0.15, -0.1) is 0 Å². The number of ether oxygens (including phenoxy) is 1. The Labute approximate surface area is 149 Å². The van der Waals surface area contributed by atoms with Gasteiger partial charge in [-0.25, -0.2) is 0 Å². The largest absolute Gasteiger partial charge is 0.379 e. The number of aromatic nitrogens is 1. The Hall–Kier alpha value is -1.44. The van der Waals surface area contributed by atoms with Gasteiger partial charge in [-0.05, 0) is 26.8 Å². The second kappa shape index (κ2) is 8.78. The molecule has 0 spiro atoms. The number of aryl methyl sites for hydroxylation is 2. The Kier molecular flexibility index (Phi) is 6.45. The van der Waals surface area contributed by atoms with Gasteiger partial charge in [-0.2, -0.15) is 0 Å². The normalized spacial score (nSPS) is 20.6. The Balaban J connectivity index is 1.45. The van der Waals surface area contributed by atoms with Crippen LogP contribution in [-0.2, 0) is 16.0 Å². The van der Waals surface area contributed by atoms with Crippen molar-refractivity contribution < 1.29 is 14.1 Å². The highest BCUT2D eigenvalue weighted by Crippen LogP contribution is 2.15. The third-order valence-electron chi connectivity index (χ3n) is 5.29. The van der Waals surface area contributed by atoms with Gasteiger partial charge in [0.05, 0.1) is 25.3 Å². The van der Waals surface area contributed by atoms with E-state index in [0.717, 1.165) is 89.0 Å². The van der Waals surface area contributed by atoms with Crippen LogP contribution in [0, 0.1) is 13.8 Å². The maximum absolute atomic E-state index is 12.7. The standard InChI is InChI=1S/C18H30N4O3/c1-15-17(16(2)25-19-15)14-18(23)22-5-3-4-20(8-9-22)6-7-21-10-12-24-13-11-21/h3-14H2,1-2H3. The predicted molar refractivity (Wildman–Crippen MR) is 94.6 cm³/mol. The molecule has 3 heterocycles. The van der Waals surface area contributed by atoms with Gasteiger partial charge >= 0.3 is 0 Å². The van der Waals surface area contributed by atoms with Crippen molar-refractivity contribution in [2.75, 3.05) is 65.6 Å². The van der Waals surface area contributed by atoms with Crippen molar-refractivity contribution in [3.63, 3.8) is 0 Å². The van der Waals surface area contributed by atoms with Crippen molar-refractivity contribution >= 4 is 5.91 Å². The van der Waals surface area contributed by atoms with Crippen LogP contribution in [0.1, 0.15) is 23.4 Å². The highest BCUT2D eigenvalue weighted by Gasteiger charge is 2.22. The number of rotatable bonds is 5. The van der Waals surface area contributed by atoms with Gasteiger partial charge in [-0.1, -0.05) is 5.16 Å². The summed E-state index contributed by atoms with van der Waals surface area (Å²) in [7, 11) is 0. The van der Waals surface area contributed by atoms with Crippen molar-refractivity contribution in [2.45, 2.75) is 26.7 Å². The molecule has 1 aromatic heterocycles. The van der Waals surface area contributed by atoms with Crippen LogP contribution in [-0.4, -0.2) is 91.3 Å². The van der Waals surface area contributed by atoms with E-state index in [2.05, 4.69) is 15.0 Å². The first-order valence-corrected chi connectivity index (χ1v) is 9.35. The summed E-state index contributed by atoms with van der Waals surface area (Å²) in [6.07, 6.45) is 1.44. The lowest BCUT2D eigenvalue weighted by Gasteiger charge is -2.29. The van der Waals surface area contributed by atoms with E-state index < -0.39 is 0 Å². The van der Waals surface area contributed by atoms with Crippen LogP contribution in [0.5, 0.6) is 0 Å². The quantitative estimate of drug-likeness (QED) is 0.779. The molecule has 0 saturated carbocycles. The second-order valence-corrected chi connectivity index (χ2v) is 7.01. The second-order valence-electron chi connectivity index (χ2n) is 7.01. The van der Waals surface area contributed by atoms with Gasteiger partial charge in [0, 0.05) is 51.4 Å².